The Kier molecular flexibility index (Phi) is 3.62. The van der Waals surface area contributed by atoms with Gasteiger partial charge in [0, 0.05) is 6.20 Å². The number of hydrogen-bond acceptors (Lipinski definition) is 3. The monoisotopic (exact) mass is 188 g/mol. The fraction of sp³-hybridized carbons (Fsp3) is 0.300. The highest BCUT2D eigenvalue weighted by Gasteiger charge is 2.00. The highest BCUT2D eigenvalue weighted by Crippen LogP contribution is 2.06. The largest absolute Gasteiger partial charge is 0.340 e. The standard InChI is InChI=1S/C8H6N4.C2H6/c9-4-3-7-11-6-2-1-5-10-8(6)12-7;1-2/h1-2,5H,3H2,(H,10,11,12);1-2H3. The Morgan fingerprint density at radius 2 is 2.29 bits per heavy atom. The Morgan fingerprint density at radius 1 is 1.50 bits per heavy atom. The number of rotatable bonds is 1. The SMILES string of the molecule is CC.N#CCc1nc2ncccc2[nH]1. The van der Waals surface area contributed by atoms with E-state index >= 15 is 0 Å². The van der Waals surface area contributed by atoms with Gasteiger partial charge in [0.25, 0.3) is 0 Å². The maximum Gasteiger partial charge on any atom is 0.177 e. The molecule has 0 amide bonds. The van der Waals surface area contributed by atoms with Gasteiger partial charge in [-0.2, -0.15) is 5.26 Å². The third-order valence-corrected chi connectivity index (χ3v) is 1.55. The topological polar surface area (TPSA) is 65.4 Å². The fourth-order valence-electron chi connectivity index (χ4n) is 1.05. The molecule has 2 aromatic heterocycles. The molecule has 14 heavy (non-hydrogen) atoms. The van der Waals surface area contributed by atoms with Gasteiger partial charge < -0.3 is 4.98 Å². The molecule has 0 atom stereocenters. The molecule has 0 aliphatic heterocycles. The van der Waals surface area contributed by atoms with E-state index in [4.69, 9.17) is 5.26 Å². The van der Waals surface area contributed by atoms with Crippen LogP contribution in [0.4, 0.5) is 0 Å². The quantitative estimate of drug-likeness (QED) is 0.744. The lowest BCUT2D eigenvalue weighted by molar-refractivity contribution is 1.07. The number of nitrogens with one attached hydrogen (secondary N) is 1. The molecule has 2 rings (SSSR count). The minimum Gasteiger partial charge on any atom is -0.340 e. The first-order chi connectivity index (χ1) is 6.90. The second-order valence-electron chi connectivity index (χ2n) is 2.39. The summed E-state index contributed by atoms with van der Waals surface area (Å²) in [6.07, 6.45) is 1.98. The van der Waals surface area contributed by atoms with E-state index in [1.807, 2.05) is 32.0 Å². The van der Waals surface area contributed by atoms with E-state index in [-0.39, 0.29) is 0 Å². The zero-order valence-corrected chi connectivity index (χ0v) is 8.28. The van der Waals surface area contributed by atoms with Gasteiger partial charge in [0.2, 0.25) is 0 Å². The van der Waals surface area contributed by atoms with Gasteiger partial charge >= 0.3 is 0 Å². The zero-order chi connectivity index (χ0) is 10.4. The van der Waals surface area contributed by atoms with Crippen LogP contribution in [0, 0.1) is 11.3 Å². The molecule has 0 aliphatic rings. The van der Waals surface area contributed by atoms with Crippen molar-refractivity contribution in [3.05, 3.63) is 24.2 Å². The molecule has 0 radical (unpaired) electrons. The van der Waals surface area contributed by atoms with Crippen molar-refractivity contribution in [2.75, 3.05) is 0 Å². The summed E-state index contributed by atoms with van der Waals surface area (Å²) in [7, 11) is 0. The minimum absolute atomic E-state index is 0.302. The van der Waals surface area contributed by atoms with Crippen LogP contribution >= 0.6 is 0 Å². The summed E-state index contributed by atoms with van der Waals surface area (Å²) < 4.78 is 0. The number of H-pyrrole nitrogens is 1. The molecule has 0 bridgehead atoms. The Bertz CT molecular complexity index is 406. The van der Waals surface area contributed by atoms with Gasteiger partial charge in [-0.05, 0) is 12.1 Å². The van der Waals surface area contributed by atoms with Gasteiger partial charge in [-0.3, -0.25) is 0 Å². The van der Waals surface area contributed by atoms with Crippen LogP contribution in [0.1, 0.15) is 19.7 Å². The van der Waals surface area contributed by atoms with Crippen molar-refractivity contribution in [1.82, 2.24) is 15.0 Å². The Morgan fingerprint density at radius 3 is 2.93 bits per heavy atom. The first-order valence-electron chi connectivity index (χ1n) is 4.57. The van der Waals surface area contributed by atoms with Crippen molar-refractivity contribution in [3.63, 3.8) is 0 Å². The van der Waals surface area contributed by atoms with E-state index in [2.05, 4.69) is 15.0 Å². The lowest BCUT2D eigenvalue weighted by Gasteiger charge is -1.81. The van der Waals surface area contributed by atoms with Crippen LogP contribution in [-0.4, -0.2) is 15.0 Å². The normalized spacial score (nSPS) is 8.93. The number of hydrogen-bond donors (Lipinski definition) is 1. The second-order valence-corrected chi connectivity index (χ2v) is 2.39. The molecule has 4 heteroatoms. The smallest absolute Gasteiger partial charge is 0.177 e. The summed E-state index contributed by atoms with van der Waals surface area (Å²) >= 11 is 0. The molecule has 72 valence electrons. The van der Waals surface area contributed by atoms with Crippen LogP contribution in [0.3, 0.4) is 0 Å². The summed E-state index contributed by atoms with van der Waals surface area (Å²) in [5.74, 6) is 0.672. The predicted octanol–water partition coefficient (Wildman–Crippen LogP) is 2.05. The van der Waals surface area contributed by atoms with Crippen molar-refractivity contribution in [2.24, 2.45) is 0 Å². The van der Waals surface area contributed by atoms with Crippen LogP contribution < -0.4 is 0 Å². The van der Waals surface area contributed by atoms with E-state index in [1.54, 1.807) is 6.20 Å². The van der Waals surface area contributed by atoms with Gasteiger partial charge in [0.15, 0.2) is 5.65 Å². The van der Waals surface area contributed by atoms with Gasteiger partial charge in [0.05, 0.1) is 18.0 Å². The Hall–Kier alpha value is -1.89. The highest BCUT2D eigenvalue weighted by molar-refractivity contribution is 5.69. The molecule has 0 saturated heterocycles. The Labute approximate surface area is 82.6 Å². The van der Waals surface area contributed by atoms with Crippen molar-refractivity contribution < 1.29 is 0 Å². The molecule has 0 aromatic carbocycles. The lowest BCUT2D eigenvalue weighted by Crippen LogP contribution is -1.82. The third kappa shape index (κ3) is 2.07. The molecule has 4 nitrogen and oxygen atoms in total. The average molecular weight is 188 g/mol. The maximum atomic E-state index is 8.41. The molecule has 0 unspecified atom stereocenters. The van der Waals surface area contributed by atoms with Crippen molar-refractivity contribution in [1.29, 1.82) is 5.26 Å². The second kappa shape index (κ2) is 4.97. The Balaban J connectivity index is 0.000000461. The first-order valence-corrected chi connectivity index (χ1v) is 4.57. The van der Waals surface area contributed by atoms with Crippen molar-refractivity contribution in [2.45, 2.75) is 20.3 Å². The highest BCUT2D eigenvalue weighted by atomic mass is 15.0. The van der Waals surface area contributed by atoms with Crippen LogP contribution in [0.5, 0.6) is 0 Å². The van der Waals surface area contributed by atoms with Gasteiger partial charge in [-0.15, -0.1) is 0 Å². The summed E-state index contributed by atoms with van der Waals surface area (Å²) in [5.41, 5.74) is 1.55. The number of aromatic nitrogens is 3. The molecule has 0 saturated carbocycles. The van der Waals surface area contributed by atoms with Crippen molar-refractivity contribution in [3.8, 4) is 6.07 Å². The van der Waals surface area contributed by atoms with Gasteiger partial charge in [-0.25, -0.2) is 9.97 Å². The summed E-state index contributed by atoms with van der Waals surface area (Å²) in [6, 6.07) is 5.74. The lowest BCUT2D eigenvalue weighted by atomic mass is 10.4. The number of nitriles is 1. The molecule has 2 heterocycles. The van der Waals surface area contributed by atoms with Crippen molar-refractivity contribution >= 4 is 11.2 Å². The minimum atomic E-state index is 0.302. The molecule has 1 N–H and O–H groups in total. The molecule has 0 fully saturated rings. The number of aromatic amines is 1. The van der Waals surface area contributed by atoms with Crippen LogP contribution in [-0.2, 0) is 6.42 Å². The summed E-state index contributed by atoms with van der Waals surface area (Å²) in [6.45, 7) is 4.00. The van der Waals surface area contributed by atoms with Gasteiger partial charge in [0.1, 0.15) is 5.82 Å². The zero-order valence-electron chi connectivity index (χ0n) is 8.28. The van der Waals surface area contributed by atoms with E-state index in [1.165, 1.54) is 0 Å². The maximum absolute atomic E-state index is 8.41. The fourth-order valence-corrected chi connectivity index (χ4v) is 1.05. The van der Waals surface area contributed by atoms with E-state index in [9.17, 15) is 0 Å². The summed E-state index contributed by atoms with van der Waals surface area (Å²) in [4.78, 5) is 11.1. The molecule has 0 aliphatic carbocycles. The van der Waals surface area contributed by atoms with E-state index in [0.29, 0.717) is 17.9 Å². The average Bonchev–Trinajstić information content (AvgIpc) is 2.63. The third-order valence-electron chi connectivity index (χ3n) is 1.55. The van der Waals surface area contributed by atoms with Crippen LogP contribution in [0.15, 0.2) is 18.3 Å². The molecular formula is C10H12N4. The number of pyridine rings is 1. The first kappa shape index (κ1) is 10.2. The number of nitrogens with zero attached hydrogens (tertiary/aromatic N) is 3. The van der Waals surface area contributed by atoms with Crippen LogP contribution in [0.25, 0.3) is 11.2 Å². The predicted molar refractivity (Wildman–Crippen MR) is 54.6 cm³/mol. The van der Waals surface area contributed by atoms with Gasteiger partial charge in [-0.1, -0.05) is 13.8 Å². The molecular weight excluding hydrogens is 176 g/mol. The number of fused-ring (bicyclic) bond motifs is 1. The van der Waals surface area contributed by atoms with E-state index < -0.39 is 0 Å². The summed E-state index contributed by atoms with van der Waals surface area (Å²) in [5, 5.41) is 8.41. The molecule has 2 aromatic rings. The van der Waals surface area contributed by atoms with E-state index in [0.717, 1.165) is 5.52 Å². The van der Waals surface area contributed by atoms with Crippen LogP contribution in [0.2, 0.25) is 0 Å². The molecule has 0 spiro atoms. The number of imidazole rings is 1.